The molecular weight excluding hydrogens is 268 g/mol. The molecule has 1 heterocycles. The Bertz CT molecular complexity index is 567. The molecule has 0 fully saturated rings. The zero-order chi connectivity index (χ0) is 15.6. The van der Waals surface area contributed by atoms with Crippen LogP contribution in [0.3, 0.4) is 0 Å². The Morgan fingerprint density at radius 3 is 2.71 bits per heavy atom. The number of hydrogen-bond donors (Lipinski definition) is 3. The van der Waals surface area contributed by atoms with Gasteiger partial charge in [0, 0.05) is 18.0 Å². The average Bonchev–Trinajstić information content (AvgIpc) is 2.45. The van der Waals surface area contributed by atoms with Crippen LogP contribution in [0.1, 0.15) is 49.5 Å². The van der Waals surface area contributed by atoms with Crippen LogP contribution in [0.5, 0.6) is 5.75 Å². The number of fused-ring (bicyclic) bond motifs is 1. The molecule has 0 aliphatic carbocycles. The molecule has 1 amide bonds. The lowest BCUT2D eigenvalue weighted by Gasteiger charge is -2.24. The Labute approximate surface area is 124 Å². The fraction of sp³-hybridized carbons (Fsp3) is 0.500. The van der Waals surface area contributed by atoms with E-state index in [4.69, 9.17) is 0 Å². The van der Waals surface area contributed by atoms with E-state index in [9.17, 15) is 14.7 Å². The van der Waals surface area contributed by atoms with Crippen LogP contribution in [0, 0.1) is 0 Å². The predicted octanol–water partition coefficient (Wildman–Crippen LogP) is 2.24. The second kappa shape index (κ2) is 6.26. The molecule has 1 unspecified atom stereocenters. The number of carbonyl (C=O) groups is 2. The van der Waals surface area contributed by atoms with Crippen LogP contribution in [0.4, 0.5) is 5.69 Å². The summed E-state index contributed by atoms with van der Waals surface area (Å²) in [7, 11) is 0. The number of ketones is 1. The quantitative estimate of drug-likeness (QED) is 0.574. The zero-order valence-electron chi connectivity index (χ0n) is 12.7. The molecule has 1 aromatic rings. The van der Waals surface area contributed by atoms with Gasteiger partial charge in [0.05, 0.1) is 11.7 Å². The summed E-state index contributed by atoms with van der Waals surface area (Å²) in [6.07, 6.45) is 1.51. The summed E-state index contributed by atoms with van der Waals surface area (Å²) in [6.45, 7) is 5.97. The summed E-state index contributed by atoms with van der Waals surface area (Å²) in [4.78, 5) is 24.2. The first-order chi connectivity index (χ1) is 9.93. The molecule has 5 nitrogen and oxygen atoms in total. The molecule has 21 heavy (non-hydrogen) atoms. The summed E-state index contributed by atoms with van der Waals surface area (Å²) < 4.78 is 0. The molecule has 0 saturated carbocycles. The standard InChI is InChI=1S/C16H22N2O3/c1-4-12(17-9(2)3)16(21)11-5-7-13(19)15-10(11)6-8-14(20)18-15/h5,7,9,12,17,19H,4,6,8H2,1-3H3,(H,18,20). The Balaban J connectivity index is 2.38. The lowest BCUT2D eigenvalue weighted by Crippen LogP contribution is -2.41. The number of hydrogen-bond acceptors (Lipinski definition) is 4. The summed E-state index contributed by atoms with van der Waals surface area (Å²) in [6, 6.07) is 3.08. The topological polar surface area (TPSA) is 78.4 Å². The number of phenolic OH excluding ortho intramolecular Hbond substituents is 1. The van der Waals surface area contributed by atoms with Crippen LogP contribution in [0.15, 0.2) is 12.1 Å². The van der Waals surface area contributed by atoms with Crippen molar-refractivity contribution >= 4 is 17.4 Å². The lowest BCUT2D eigenvalue weighted by molar-refractivity contribution is -0.116. The number of anilines is 1. The molecule has 1 aromatic carbocycles. The van der Waals surface area contributed by atoms with E-state index in [-0.39, 0.29) is 29.5 Å². The van der Waals surface area contributed by atoms with Gasteiger partial charge in [-0.25, -0.2) is 0 Å². The summed E-state index contributed by atoms with van der Waals surface area (Å²) >= 11 is 0. The van der Waals surface area contributed by atoms with Gasteiger partial charge in [0.15, 0.2) is 5.78 Å². The minimum atomic E-state index is -0.253. The maximum Gasteiger partial charge on any atom is 0.224 e. The fourth-order valence-electron chi connectivity index (χ4n) is 2.67. The van der Waals surface area contributed by atoms with E-state index in [0.29, 0.717) is 30.5 Å². The van der Waals surface area contributed by atoms with Crippen molar-refractivity contribution in [3.05, 3.63) is 23.3 Å². The van der Waals surface area contributed by atoms with Gasteiger partial charge in [-0.3, -0.25) is 9.59 Å². The van der Waals surface area contributed by atoms with Gasteiger partial charge in [-0.2, -0.15) is 0 Å². The van der Waals surface area contributed by atoms with Crippen molar-refractivity contribution in [3.8, 4) is 5.75 Å². The minimum absolute atomic E-state index is 0.0126. The van der Waals surface area contributed by atoms with Gasteiger partial charge < -0.3 is 15.7 Å². The Kier molecular flexibility index (Phi) is 4.63. The van der Waals surface area contributed by atoms with Crippen molar-refractivity contribution in [2.24, 2.45) is 0 Å². The predicted molar refractivity (Wildman–Crippen MR) is 81.7 cm³/mol. The molecule has 3 N–H and O–H groups in total. The summed E-state index contributed by atoms with van der Waals surface area (Å²) in [5.74, 6) is -0.104. The van der Waals surface area contributed by atoms with Crippen molar-refractivity contribution in [2.75, 3.05) is 5.32 Å². The zero-order valence-corrected chi connectivity index (χ0v) is 12.7. The molecule has 0 saturated heterocycles. The molecule has 0 spiro atoms. The van der Waals surface area contributed by atoms with Gasteiger partial charge in [0.2, 0.25) is 5.91 Å². The van der Waals surface area contributed by atoms with E-state index in [2.05, 4.69) is 10.6 Å². The molecule has 1 aliphatic heterocycles. The highest BCUT2D eigenvalue weighted by atomic mass is 16.3. The first-order valence-corrected chi connectivity index (χ1v) is 7.39. The second-order valence-electron chi connectivity index (χ2n) is 5.68. The van der Waals surface area contributed by atoms with Crippen molar-refractivity contribution in [1.82, 2.24) is 5.32 Å². The number of Topliss-reactive ketones (excluding diaryl/α,β-unsaturated/α-hetero) is 1. The van der Waals surface area contributed by atoms with E-state index in [1.807, 2.05) is 20.8 Å². The third kappa shape index (κ3) is 3.24. The van der Waals surface area contributed by atoms with Crippen LogP contribution in [-0.2, 0) is 11.2 Å². The van der Waals surface area contributed by atoms with Gasteiger partial charge in [0.25, 0.3) is 0 Å². The minimum Gasteiger partial charge on any atom is -0.506 e. The van der Waals surface area contributed by atoms with Crippen molar-refractivity contribution in [1.29, 1.82) is 0 Å². The number of carbonyl (C=O) groups excluding carboxylic acids is 2. The summed E-state index contributed by atoms with van der Waals surface area (Å²) in [5.41, 5.74) is 1.71. The summed E-state index contributed by atoms with van der Waals surface area (Å²) in [5, 5.41) is 15.8. The second-order valence-corrected chi connectivity index (χ2v) is 5.68. The molecule has 114 valence electrons. The highest BCUT2D eigenvalue weighted by Crippen LogP contribution is 2.34. The van der Waals surface area contributed by atoms with Crippen LogP contribution in [0.2, 0.25) is 0 Å². The van der Waals surface area contributed by atoms with Gasteiger partial charge in [-0.15, -0.1) is 0 Å². The van der Waals surface area contributed by atoms with Crippen molar-refractivity contribution in [3.63, 3.8) is 0 Å². The first kappa shape index (κ1) is 15.5. The molecule has 2 rings (SSSR count). The Hall–Kier alpha value is -1.88. The number of benzene rings is 1. The van der Waals surface area contributed by atoms with E-state index in [1.54, 1.807) is 6.07 Å². The number of phenols is 1. The molecule has 0 aromatic heterocycles. The fourth-order valence-corrected chi connectivity index (χ4v) is 2.67. The smallest absolute Gasteiger partial charge is 0.224 e. The average molecular weight is 290 g/mol. The van der Waals surface area contributed by atoms with Crippen LogP contribution < -0.4 is 10.6 Å². The van der Waals surface area contributed by atoms with Gasteiger partial charge in [-0.1, -0.05) is 20.8 Å². The van der Waals surface area contributed by atoms with Crippen LogP contribution >= 0.6 is 0 Å². The molecule has 5 heteroatoms. The largest absolute Gasteiger partial charge is 0.506 e. The Morgan fingerprint density at radius 1 is 1.38 bits per heavy atom. The van der Waals surface area contributed by atoms with Crippen LogP contribution in [-0.4, -0.2) is 28.9 Å². The van der Waals surface area contributed by atoms with Gasteiger partial charge in [-0.05, 0) is 30.5 Å². The SMILES string of the molecule is CCC(NC(C)C)C(=O)c1ccc(O)c2c1CCC(=O)N2. The van der Waals surface area contributed by atoms with Gasteiger partial charge >= 0.3 is 0 Å². The third-order valence-electron chi connectivity index (χ3n) is 3.68. The van der Waals surface area contributed by atoms with E-state index in [0.717, 1.165) is 5.56 Å². The van der Waals surface area contributed by atoms with Gasteiger partial charge in [0.1, 0.15) is 5.75 Å². The van der Waals surface area contributed by atoms with E-state index in [1.165, 1.54) is 6.07 Å². The number of rotatable bonds is 5. The molecule has 1 atom stereocenters. The number of aromatic hydroxyl groups is 1. The first-order valence-electron chi connectivity index (χ1n) is 7.39. The lowest BCUT2D eigenvalue weighted by atomic mass is 9.91. The highest BCUT2D eigenvalue weighted by Gasteiger charge is 2.27. The maximum atomic E-state index is 12.7. The number of nitrogens with one attached hydrogen (secondary N) is 2. The van der Waals surface area contributed by atoms with Crippen molar-refractivity contribution in [2.45, 2.75) is 52.1 Å². The number of amides is 1. The molecular formula is C16H22N2O3. The van der Waals surface area contributed by atoms with Crippen LogP contribution in [0.25, 0.3) is 0 Å². The normalized spacial score (nSPS) is 15.5. The Morgan fingerprint density at radius 2 is 2.10 bits per heavy atom. The molecule has 0 bridgehead atoms. The van der Waals surface area contributed by atoms with E-state index >= 15 is 0 Å². The highest BCUT2D eigenvalue weighted by molar-refractivity contribution is 6.05. The third-order valence-corrected chi connectivity index (χ3v) is 3.68. The monoisotopic (exact) mass is 290 g/mol. The van der Waals surface area contributed by atoms with Crippen molar-refractivity contribution < 1.29 is 14.7 Å². The molecule has 1 aliphatic rings. The van der Waals surface area contributed by atoms with E-state index < -0.39 is 0 Å². The maximum absolute atomic E-state index is 12.7. The molecule has 0 radical (unpaired) electrons.